The molecule has 0 saturated carbocycles. The van der Waals surface area contributed by atoms with Crippen molar-refractivity contribution in [1.82, 2.24) is 9.88 Å². The van der Waals surface area contributed by atoms with Gasteiger partial charge in [-0.05, 0) is 48.8 Å². The summed E-state index contributed by atoms with van der Waals surface area (Å²) < 4.78 is 11.4. The van der Waals surface area contributed by atoms with Crippen LogP contribution >= 0.6 is 15.9 Å². The molecule has 0 radical (unpaired) electrons. The standard InChI is InChI=1S/C15H18BrN3O4/c1-15(2,3)23-14(21)19-7-8-12(22-8)11(19)13(20)18-10-6-4-5-9(16)17-10/h4-6,8,11-12H,7H2,1-3H3,(H,17,18,20)/t8-,11+,12-/m1/s1. The van der Waals surface area contributed by atoms with E-state index in [1.165, 1.54) is 4.90 Å². The van der Waals surface area contributed by atoms with E-state index in [-0.39, 0.29) is 18.1 Å². The van der Waals surface area contributed by atoms with Crippen molar-refractivity contribution in [3.63, 3.8) is 0 Å². The number of aromatic nitrogens is 1. The number of ether oxygens (including phenoxy) is 2. The summed E-state index contributed by atoms with van der Waals surface area (Å²) in [4.78, 5) is 30.4. The van der Waals surface area contributed by atoms with Gasteiger partial charge < -0.3 is 14.8 Å². The quantitative estimate of drug-likeness (QED) is 0.624. The zero-order chi connectivity index (χ0) is 16.8. The number of hydrogen-bond donors (Lipinski definition) is 1. The molecular formula is C15H18BrN3O4. The van der Waals surface area contributed by atoms with Gasteiger partial charge in [-0.3, -0.25) is 9.69 Å². The number of hydrogen-bond acceptors (Lipinski definition) is 5. The Morgan fingerprint density at radius 2 is 2.17 bits per heavy atom. The van der Waals surface area contributed by atoms with Crippen LogP contribution in [0, 0.1) is 0 Å². The lowest BCUT2D eigenvalue weighted by atomic mass is 10.2. The fraction of sp³-hybridized carbons (Fsp3) is 0.533. The van der Waals surface area contributed by atoms with Crippen molar-refractivity contribution in [2.45, 2.75) is 44.6 Å². The normalized spacial score (nSPS) is 25.7. The minimum absolute atomic E-state index is 0.0891. The topological polar surface area (TPSA) is 84.1 Å². The van der Waals surface area contributed by atoms with Gasteiger partial charge in [-0.15, -0.1) is 0 Å². The Balaban J connectivity index is 1.71. The van der Waals surface area contributed by atoms with E-state index in [0.717, 1.165) is 0 Å². The molecule has 2 aliphatic rings. The first-order chi connectivity index (χ1) is 10.7. The number of pyridine rings is 1. The molecule has 0 unspecified atom stereocenters. The molecule has 3 heterocycles. The summed E-state index contributed by atoms with van der Waals surface area (Å²) in [5.74, 6) is 0.0871. The molecule has 1 N–H and O–H groups in total. The Bertz CT molecular complexity index is 646. The monoisotopic (exact) mass is 383 g/mol. The van der Waals surface area contributed by atoms with Crippen molar-refractivity contribution in [3.8, 4) is 0 Å². The second kappa shape index (κ2) is 5.76. The molecule has 7 nitrogen and oxygen atoms in total. The van der Waals surface area contributed by atoms with Crippen molar-refractivity contribution in [2.24, 2.45) is 0 Å². The maximum Gasteiger partial charge on any atom is 0.411 e. The van der Waals surface area contributed by atoms with E-state index in [4.69, 9.17) is 9.47 Å². The molecule has 2 saturated heterocycles. The maximum atomic E-state index is 12.5. The van der Waals surface area contributed by atoms with E-state index < -0.39 is 17.7 Å². The molecule has 0 aromatic carbocycles. The summed E-state index contributed by atoms with van der Waals surface area (Å²) in [6.07, 6.45) is -0.862. The van der Waals surface area contributed by atoms with Gasteiger partial charge in [0.25, 0.3) is 5.91 Å². The second-order valence-corrected chi connectivity index (χ2v) is 7.36. The third kappa shape index (κ3) is 3.64. The van der Waals surface area contributed by atoms with Crippen molar-refractivity contribution >= 4 is 33.7 Å². The average molecular weight is 384 g/mol. The number of morpholine rings is 1. The largest absolute Gasteiger partial charge is 0.444 e. The Morgan fingerprint density at radius 3 is 2.83 bits per heavy atom. The molecule has 3 rings (SSSR count). The van der Waals surface area contributed by atoms with Gasteiger partial charge in [-0.1, -0.05) is 6.07 Å². The predicted molar refractivity (Wildman–Crippen MR) is 86.0 cm³/mol. The van der Waals surface area contributed by atoms with Crippen LogP contribution in [0.1, 0.15) is 20.8 Å². The van der Waals surface area contributed by atoms with E-state index in [0.29, 0.717) is 17.0 Å². The zero-order valence-electron chi connectivity index (χ0n) is 13.1. The highest BCUT2D eigenvalue weighted by molar-refractivity contribution is 9.10. The second-order valence-electron chi connectivity index (χ2n) is 6.55. The minimum atomic E-state index is -0.698. The molecule has 2 fully saturated rings. The molecule has 0 bridgehead atoms. The van der Waals surface area contributed by atoms with Gasteiger partial charge in [-0.2, -0.15) is 0 Å². The first-order valence-electron chi connectivity index (χ1n) is 7.33. The van der Waals surface area contributed by atoms with Crippen LogP contribution in [0.5, 0.6) is 0 Å². The summed E-state index contributed by atoms with van der Waals surface area (Å²) in [6, 6.07) is 4.51. The Labute approximate surface area is 142 Å². The first-order valence-corrected chi connectivity index (χ1v) is 8.12. The number of amides is 2. The Morgan fingerprint density at radius 1 is 1.43 bits per heavy atom. The molecule has 1 aromatic rings. The van der Waals surface area contributed by atoms with E-state index in [2.05, 4.69) is 26.2 Å². The number of likely N-dealkylation sites (tertiary alicyclic amines) is 1. The molecule has 2 aliphatic heterocycles. The summed E-state index contributed by atoms with van der Waals surface area (Å²) in [6.45, 7) is 5.74. The maximum absolute atomic E-state index is 12.5. The number of fused-ring (bicyclic) bond motifs is 1. The SMILES string of the molecule is CC(C)(C)OC(=O)N1C[C@H]2O[C@H]2[C@H]1C(=O)Nc1cccc(Br)n1. The number of anilines is 1. The van der Waals surface area contributed by atoms with Crippen molar-refractivity contribution < 1.29 is 19.1 Å². The molecule has 0 aliphatic carbocycles. The molecular weight excluding hydrogens is 366 g/mol. The van der Waals surface area contributed by atoms with Gasteiger partial charge in [0.1, 0.15) is 34.3 Å². The summed E-state index contributed by atoms with van der Waals surface area (Å²) in [5, 5.41) is 2.72. The van der Waals surface area contributed by atoms with Gasteiger partial charge in [0, 0.05) is 0 Å². The molecule has 23 heavy (non-hydrogen) atoms. The summed E-state index contributed by atoms with van der Waals surface area (Å²) in [5.41, 5.74) is -0.613. The molecule has 8 heteroatoms. The molecule has 3 atom stereocenters. The van der Waals surface area contributed by atoms with Crippen LogP contribution < -0.4 is 5.32 Å². The van der Waals surface area contributed by atoms with E-state index >= 15 is 0 Å². The third-order valence-electron chi connectivity index (χ3n) is 3.51. The van der Waals surface area contributed by atoms with Crippen LogP contribution in [-0.4, -0.2) is 52.3 Å². The third-order valence-corrected chi connectivity index (χ3v) is 3.95. The van der Waals surface area contributed by atoms with E-state index in [1.54, 1.807) is 39.0 Å². The first kappa shape index (κ1) is 16.2. The van der Waals surface area contributed by atoms with Crippen LogP contribution in [0.2, 0.25) is 0 Å². The fourth-order valence-electron chi connectivity index (χ4n) is 2.54. The van der Waals surface area contributed by atoms with Crippen LogP contribution in [0.4, 0.5) is 10.6 Å². The highest BCUT2D eigenvalue weighted by Gasteiger charge is 2.59. The van der Waals surface area contributed by atoms with Gasteiger partial charge in [-0.25, -0.2) is 9.78 Å². The number of carbonyl (C=O) groups is 2. The van der Waals surface area contributed by atoms with Crippen LogP contribution in [0.15, 0.2) is 22.8 Å². The summed E-state index contributed by atoms with van der Waals surface area (Å²) >= 11 is 3.25. The number of rotatable bonds is 2. The predicted octanol–water partition coefficient (Wildman–Crippen LogP) is 2.17. The van der Waals surface area contributed by atoms with Gasteiger partial charge in [0.2, 0.25) is 0 Å². The van der Waals surface area contributed by atoms with Gasteiger partial charge >= 0.3 is 6.09 Å². The lowest BCUT2D eigenvalue weighted by Crippen LogP contribution is -2.49. The summed E-state index contributed by atoms with van der Waals surface area (Å²) in [7, 11) is 0. The van der Waals surface area contributed by atoms with Crippen LogP contribution in [0.25, 0.3) is 0 Å². The van der Waals surface area contributed by atoms with E-state index in [9.17, 15) is 9.59 Å². The molecule has 0 spiro atoms. The van der Waals surface area contributed by atoms with E-state index in [1.807, 2.05) is 0 Å². The Kier molecular flexibility index (Phi) is 4.05. The number of carbonyl (C=O) groups excluding carboxylic acids is 2. The highest BCUT2D eigenvalue weighted by Crippen LogP contribution is 2.37. The molecule has 124 valence electrons. The van der Waals surface area contributed by atoms with Crippen LogP contribution in [-0.2, 0) is 14.3 Å². The van der Waals surface area contributed by atoms with Crippen LogP contribution in [0.3, 0.4) is 0 Å². The minimum Gasteiger partial charge on any atom is -0.444 e. The lowest BCUT2D eigenvalue weighted by molar-refractivity contribution is -0.121. The average Bonchev–Trinajstić information content (AvgIpc) is 3.07. The Hall–Kier alpha value is -1.67. The van der Waals surface area contributed by atoms with Gasteiger partial charge in [0.05, 0.1) is 6.54 Å². The fourth-order valence-corrected chi connectivity index (χ4v) is 2.89. The lowest BCUT2D eigenvalue weighted by Gasteiger charge is -2.29. The number of halogens is 1. The smallest absolute Gasteiger partial charge is 0.411 e. The number of nitrogens with zero attached hydrogens (tertiary/aromatic N) is 2. The van der Waals surface area contributed by atoms with Crippen molar-refractivity contribution in [3.05, 3.63) is 22.8 Å². The zero-order valence-corrected chi connectivity index (χ0v) is 14.7. The number of nitrogens with one attached hydrogen (secondary N) is 1. The highest BCUT2D eigenvalue weighted by atomic mass is 79.9. The molecule has 1 aromatic heterocycles. The molecule has 2 amide bonds. The van der Waals surface area contributed by atoms with Gasteiger partial charge in [0.15, 0.2) is 0 Å². The van der Waals surface area contributed by atoms with Crippen molar-refractivity contribution in [2.75, 3.05) is 11.9 Å². The van der Waals surface area contributed by atoms with Crippen molar-refractivity contribution in [1.29, 1.82) is 0 Å². The number of epoxide rings is 1.